The average Bonchev–Trinajstić information content (AvgIpc) is 2.99. The first kappa shape index (κ1) is 17.6. The first-order valence-corrected chi connectivity index (χ1v) is 9.58. The lowest BCUT2D eigenvalue weighted by Gasteiger charge is -2.09. The molecule has 126 valence electrons. The highest BCUT2D eigenvalue weighted by Gasteiger charge is 2.22. The third kappa shape index (κ3) is 4.87. The smallest absolute Gasteiger partial charge is 0.244 e. The zero-order valence-corrected chi connectivity index (χ0v) is 15.2. The number of ether oxygens (including phenoxy) is 1. The quantitative estimate of drug-likeness (QED) is 0.522. The van der Waals surface area contributed by atoms with E-state index in [2.05, 4.69) is 11.6 Å². The van der Waals surface area contributed by atoms with Gasteiger partial charge in [-0.05, 0) is 29.5 Å². The number of rotatable bonds is 6. The third-order valence-corrected chi connectivity index (χ3v) is 5.38. The number of thioether (sulfide) groups is 2. The van der Waals surface area contributed by atoms with Gasteiger partial charge in [0.1, 0.15) is 22.4 Å². The van der Waals surface area contributed by atoms with Gasteiger partial charge in [-0.25, -0.2) is 4.99 Å². The second-order valence-electron chi connectivity index (χ2n) is 5.21. The summed E-state index contributed by atoms with van der Waals surface area (Å²) in [6, 6.07) is 17.7. The van der Waals surface area contributed by atoms with Crippen molar-refractivity contribution in [1.82, 2.24) is 0 Å². The van der Waals surface area contributed by atoms with Crippen molar-refractivity contribution in [1.29, 1.82) is 0 Å². The molecule has 3 nitrogen and oxygen atoms in total. The summed E-state index contributed by atoms with van der Waals surface area (Å²) in [4.78, 5) is 16.6. The van der Waals surface area contributed by atoms with Gasteiger partial charge in [0.2, 0.25) is 5.12 Å². The number of para-hydroxylation sites is 1. The van der Waals surface area contributed by atoms with Crippen molar-refractivity contribution in [2.45, 2.75) is 6.61 Å². The predicted molar refractivity (Wildman–Crippen MR) is 108 cm³/mol. The van der Waals surface area contributed by atoms with Crippen LogP contribution in [0.15, 0.2) is 77.9 Å². The van der Waals surface area contributed by atoms with Crippen LogP contribution in [0.4, 0.5) is 0 Å². The van der Waals surface area contributed by atoms with Gasteiger partial charge >= 0.3 is 0 Å². The molecule has 2 aromatic carbocycles. The minimum absolute atomic E-state index is 0.0376. The van der Waals surface area contributed by atoms with Crippen LogP contribution in [0, 0.1) is 0 Å². The molecule has 1 aliphatic heterocycles. The van der Waals surface area contributed by atoms with Gasteiger partial charge in [0.25, 0.3) is 0 Å². The second-order valence-corrected chi connectivity index (χ2v) is 7.44. The van der Waals surface area contributed by atoms with Crippen molar-refractivity contribution in [3.63, 3.8) is 0 Å². The Morgan fingerprint density at radius 2 is 1.88 bits per heavy atom. The fraction of sp³-hybridized carbons (Fsp3) is 0.100. The lowest BCUT2D eigenvalue weighted by atomic mass is 10.1. The van der Waals surface area contributed by atoms with Gasteiger partial charge in [-0.1, -0.05) is 66.4 Å². The molecule has 2 aromatic rings. The minimum Gasteiger partial charge on any atom is -0.488 e. The van der Waals surface area contributed by atoms with Crippen molar-refractivity contribution < 1.29 is 9.53 Å². The zero-order valence-electron chi connectivity index (χ0n) is 13.6. The van der Waals surface area contributed by atoms with Crippen molar-refractivity contribution in [2.75, 3.05) is 5.75 Å². The Hall–Kier alpha value is -2.24. The van der Waals surface area contributed by atoms with E-state index in [9.17, 15) is 4.79 Å². The monoisotopic (exact) mass is 367 g/mol. The van der Waals surface area contributed by atoms with Crippen molar-refractivity contribution in [2.24, 2.45) is 4.99 Å². The summed E-state index contributed by atoms with van der Waals surface area (Å²) in [6.07, 6.45) is 3.59. The van der Waals surface area contributed by atoms with Crippen molar-refractivity contribution >= 4 is 39.1 Å². The number of benzene rings is 2. The highest BCUT2D eigenvalue weighted by atomic mass is 32.2. The molecule has 0 aromatic heterocycles. The van der Waals surface area contributed by atoms with Gasteiger partial charge in [-0.2, -0.15) is 0 Å². The number of carbonyl (C=O) groups excluding carboxylic acids is 1. The third-order valence-electron chi connectivity index (χ3n) is 3.37. The van der Waals surface area contributed by atoms with Gasteiger partial charge in [0.15, 0.2) is 0 Å². The molecular formula is C20H17NO2S2. The van der Waals surface area contributed by atoms with Gasteiger partial charge in [0, 0.05) is 11.3 Å². The van der Waals surface area contributed by atoms with E-state index in [1.807, 2.05) is 54.6 Å². The van der Waals surface area contributed by atoms with Gasteiger partial charge in [0.05, 0.1) is 0 Å². The number of aliphatic imine (C=N–C) groups is 1. The number of carbonyl (C=O) groups is 1. The maximum atomic E-state index is 12.1. The summed E-state index contributed by atoms with van der Waals surface area (Å²) >= 11 is 2.68. The van der Waals surface area contributed by atoms with Crippen LogP contribution in [0.3, 0.4) is 0 Å². The molecule has 1 aliphatic rings. The molecule has 0 radical (unpaired) electrons. The molecule has 0 spiro atoms. The maximum Gasteiger partial charge on any atom is 0.244 e. The highest BCUT2D eigenvalue weighted by Crippen LogP contribution is 2.32. The molecule has 0 bridgehead atoms. The Labute approximate surface area is 155 Å². The lowest BCUT2D eigenvalue weighted by Crippen LogP contribution is -1.97. The largest absolute Gasteiger partial charge is 0.488 e. The topological polar surface area (TPSA) is 38.7 Å². The second kappa shape index (κ2) is 8.74. The Kier molecular flexibility index (Phi) is 6.14. The van der Waals surface area contributed by atoms with Crippen LogP contribution in [0.2, 0.25) is 0 Å². The summed E-state index contributed by atoms with van der Waals surface area (Å²) in [5.74, 6) is 1.47. The van der Waals surface area contributed by atoms with Crippen LogP contribution in [-0.4, -0.2) is 15.2 Å². The molecule has 0 aliphatic carbocycles. The molecule has 0 unspecified atom stereocenters. The fourth-order valence-electron chi connectivity index (χ4n) is 2.20. The Morgan fingerprint density at radius 1 is 1.12 bits per heavy atom. The van der Waals surface area contributed by atoms with E-state index >= 15 is 0 Å². The van der Waals surface area contributed by atoms with Gasteiger partial charge in [-0.15, -0.1) is 6.58 Å². The average molecular weight is 367 g/mol. The van der Waals surface area contributed by atoms with E-state index < -0.39 is 0 Å². The molecule has 3 rings (SSSR count). The molecule has 0 saturated heterocycles. The summed E-state index contributed by atoms with van der Waals surface area (Å²) in [5, 5.41) is -0.0376. The summed E-state index contributed by atoms with van der Waals surface area (Å²) in [7, 11) is 0. The number of hydrogen-bond acceptors (Lipinski definition) is 5. The van der Waals surface area contributed by atoms with E-state index in [0.29, 0.717) is 12.3 Å². The Bertz CT molecular complexity index is 829. The van der Waals surface area contributed by atoms with E-state index in [1.165, 1.54) is 23.5 Å². The summed E-state index contributed by atoms with van der Waals surface area (Å²) in [5.41, 5.74) is 2.40. The number of nitrogens with zero attached hydrogens (tertiary/aromatic N) is 1. The van der Waals surface area contributed by atoms with Crippen LogP contribution in [-0.2, 0) is 11.4 Å². The lowest BCUT2D eigenvalue weighted by molar-refractivity contribution is -0.107. The van der Waals surface area contributed by atoms with Crippen LogP contribution < -0.4 is 4.74 Å². The molecule has 0 N–H and O–H groups in total. The molecule has 0 atom stereocenters. The minimum atomic E-state index is -0.0376. The summed E-state index contributed by atoms with van der Waals surface area (Å²) in [6.45, 7) is 4.16. The van der Waals surface area contributed by atoms with E-state index in [1.54, 1.807) is 12.2 Å². The molecular weight excluding hydrogens is 350 g/mol. The van der Waals surface area contributed by atoms with Gasteiger partial charge < -0.3 is 4.74 Å². The van der Waals surface area contributed by atoms with Crippen molar-refractivity contribution in [3.8, 4) is 5.75 Å². The molecule has 0 saturated carbocycles. The molecule has 25 heavy (non-hydrogen) atoms. The Morgan fingerprint density at radius 3 is 2.68 bits per heavy atom. The first-order valence-electron chi connectivity index (χ1n) is 7.78. The van der Waals surface area contributed by atoms with Crippen molar-refractivity contribution in [3.05, 3.63) is 84.1 Å². The zero-order chi connectivity index (χ0) is 17.5. The van der Waals surface area contributed by atoms with E-state index in [0.717, 1.165) is 27.0 Å². The summed E-state index contributed by atoms with van der Waals surface area (Å²) < 4.78 is 6.69. The number of hydrogen-bond donors (Lipinski definition) is 0. The van der Waals surface area contributed by atoms with E-state index in [-0.39, 0.29) is 5.12 Å². The van der Waals surface area contributed by atoms with Crippen LogP contribution in [0.25, 0.3) is 6.08 Å². The fourth-order valence-corrected chi connectivity index (χ4v) is 3.80. The first-order chi connectivity index (χ1) is 12.3. The highest BCUT2D eigenvalue weighted by molar-refractivity contribution is 8.45. The Balaban J connectivity index is 1.77. The molecule has 1 heterocycles. The molecule has 0 amide bonds. The SMILES string of the molecule is C=CCSC1=N/C(=C/c2ccccc2OCc2ccccc2)C(=O)S1. The normalized spacial score (nSPS) is 15.3. The maximum absolute atomic E-state index is 12.1. The van der Waals surface area contributed by atoms with Crippen LogP contribution >= 0.6 is 23.5 Å². The van der Waals surface area contributed by atoms with E-state index in [4.69, 9.17) is 4.74 Å². The molecule has 5 heteroatoms. The van der Waals surface area contributed by atoms with Crippen LogP contribution in [0.1, 0.15) is 11.1 Å². The van der Waals surface area contributed by atoms with Gasteiger partial charge in [-0.3, -0.25) is 4.79 Å². The molecule has 0 fully saturated rings. The standard InChI is InChI=1S/C20H17NO2S2/c1-2-12-24-20-21-17(19(22)25-20)13-16-10-6-7-11-18(16)23-14-15-8-4-3-5-9-15/h2-11,13H,1,12,14H2/b17-13+. The van der Waals surface area contributed by atoms with Crippen LogP contribution in [0.5, 0.6) is 5.75 Å². The predicted octanol–water partition coefficient (Wildman–Crippen LogP) is 5.16.